The average molecular weight is 277 g/mol. The van der Waals surface area contributed by atoms with E-state index in [0.29, 0.717) is 25.4 Å². The number of urea groups is 1. The van der Waals surface area contributed by atoms with Crippen molar-refractivity contribution in [2.75, 3.05) is 19.6 Å². The molecule has 1 aliphatic rings. The van der Waals surface area contributed by atoms with E-state index in [0.717, 1.165) is 12.8 Å². The topological polar surface area (TPSA) is 74.6 Å². The molecule has 0 aromatic carbocycles. The molecule has 1 aromatic heterocycles. The van der Waals surface area contributed by atoms with Gasteiger partial charge in [-0.3, -0.25) is 4.79 Å². The Hall–Kier alpha value is -2.24. The molecule has 2 rings (SSSR count). The number of nitrogens with zero attached hydrogens (tertiary/aromatic N) is 1. The Morgan fingerprint density at radius 3 is 2.80 bits per heavy atom. The highest BCUT2D eigenvalue weighted by atomic mass is 16.3. The first kappa shape index (κ1) is 14.2. The zero-order chi connectivity index (χ0) is 14.4. The second-order valence-electron chi connectivity index (χ2n) is 4.69. The summed E-state index contributed by atoms with van der Waals surface area (Å²) >= 11 is 0. The number of rotatable bonds is 4. The molecule has 1 aromatic rings. The standard InChI is InChI=1S/C14H19N3O3/c1-2-7-15-14(19)16-11-5-8-17(9-6-11)13(18)12-4-3-10-20-12/h2-4,10-11H,1,5-9H2,(H2,15,16,19). The van der Waals surface area contributed by atoms with Gasteiger partial charge in [0.2, 0.25) is 0 Å². The Kier molecular flexibility index (Phi) is 4.81. The maximum atomic E-state index is 12.1. The normalized spacial score (nSPS) is 15.7. The van der Waals surface area contributed by atoms with E-state index < -0.39 is 0 Å². The van der Waals surface area contributed by atoms with E-state index in [1.807, 2.05) is 0 Å². The Labute approximate surface area is 117 Å². The zero-order valence-corrected chi connectivity index (χ0v) is 11.3. The highest BCUT2D eigenvalue weighted by Gasteiger charge is 2.25. The highest BCUT2D eigenvalue weighted by Crippen LogP contribution is 2.14. The van der Waals surface area contributed by atoms with Crippen LogP contribution in [0.5, 0.6) is 0 Å². The molecule has 20 heavy (non-hydrogen) atoms. The van der Waals surface area contributed by atoms with Crippen LogP contribution in [0.2, 0.25) is 0 Å². The molecule has 6 nitrogen and oxygen atoms in total. The van der Waals surface area contributed by atoms with Crippen molar-refractivity contribution in [3.8, 4) is 0 Å². The second-order valence-corrected chi connectivity index (χ2v) is 4.69. The fourth-order valence-corrected chi connectivity index (χ4v) is 2.18. The van der Waals surface area contributed by atoms with Crippen LogP contribution >= 0.6 is 0 Å². The molecule has 6 heteroatoms. The third-order valence-electron chi connectivity index (χ3n) is 3.26. The van der Waals surface area contributed by atoms with E-state index in [9.17, 15) is 9.59 Å². The van der Waals surface area contributed by atoms with Crippen LogP contribution in [0.1, 0.15) is 23.4 Å². The summed E-state index contributed by atoms with van der Waals surface area (Å²) in [5.41, 5.74) is 0. The van der Waals surface area contributed by atoms with Crippen LogP contribution in [0.15, 0.2) is 35.5 Å². The smallest absolute Gasteiger partial charge is 0.315 e. The van der Waals surface area contributed by atoms with Gasteiger partial charge in [0.15, 0.2) is 5.76 Å². The lowest BCUT2D eigenvalue weighted by atomic mass is 10.1. The molecule has 1 saturated heterocycles. The van der Waals surface area contributed by atoms with Gasteiger partial charge in [-0.2, -0.15) is 0 Å². The van der Waals surface area contributed by atoms with Gasteiger partial charge in [-0.1, -0.05) is 6.08 Å². The van der Waals surface area contributed by atoms with Gasteiger partial charge in [-0.15, -0.1) is 6.58 Å². The molecule has 0 spiro atoms. The molecule has 1 aliphatic heterocycles. The number of furan rings is 1. The lowest BCUT2D eigenvalue weighted by Crippen LogP contribution is -2.49. The van der Waals surface area contributed by atoms with Crippen LogP contribution in [0.4, 0.5) is 4.79 Å². The van der Waals surface area contributed by atoms with E-state index in [4.69, 9.17) is 4.42 Å². The molecule has 3 amide bonds. The number of carbonyl (C=O) groups excluding carboxylic acids is 2. The van der Waals surface area contributed by atoms with Gasteiger partial charge >= 0.3 is 6.03 Å². The number of likely N-dealkylation sites (tertiary alicyclic amines) is 1. The molecular formula is C14H19N3O3. The number of nitrogens with one attached hydrogen (secondary N) is 2. The summed E-state index contributed by atoms with van der Waals surface area (Å²) in [4.78, 5) is 25.3. The highest BCUT2D eigenvalue weighted by molar-refractivity contribution is 5.91. The minimum absolute atomic E-state index is 0.0930. The Balaban J connectivity index is 1.76. The lowest BCUT2D eigenvalue weighted by Gasteiger charge is -2.31. The summed E-state index contributed by atoms with van der Waals surface area (Å²) in [6, 6.07) is 3.27. The van der Waals surface area contributed by atoms with Crippen LogP contribution in [0.3, 0.4) is 0 Å². The lowest BCUT2D eigenvalue weighted by molar-refractivity contribution is 0.0676. The molecule has 2 N–H and O–H groups in total. The molecule has 0 bridgehead atoms. The average Bonchev–Trinajstić information content (AvgIpc) is 2.99. The molecular weight excluding hydrogens is 258 g/mol. The van der Waals surface area contributed by atoms with Gasteiger partial charge in [0.25, 0.3) is 5.91 Å². The van der Waals surface area contributed by atoms with Crippen molar-refractivity contribution in [1.82, 2.24) is 15.5 Å². The predicted molar refractivity (Wildman–Crippen MR) is 74.4 cm³/mol. The van der Waals surface area contributed by atoms with Crippen molar-refractivity contribution in [2.24, 2.45) is 0 Å². The molecule has 0 radical (unpaired) electrons. The van der Waals surface area contributed by atoms with E-state index in [1.54, 1.807) is 23.1 Å². The summed E-state index contributed by atoms with van der Waals surface area (Å²) in [6.45, 7) is 5.22. The summed E-state index contributed by atoms with van der Waals surface area (Å²) in [7, 11) is 0. The first-order valence-electron chi connectivity index (χ1n) is 6.68. The number of hydrogen-bond donors (Lipinski definition) is 2. The van der Waals surface area contributed by atoms with Crippen LogP contribution in [0.25, 0.3) is 0 Å². The van der Waals surface area contributed by atoms with Crippen molar-refractivity contribution in [3.63, 3.8) is 0 Å². The third-order valence-corrected chi connectivity index (χ3v) is 3.26. The minimum Gasteiger partial charge on any atom is -0.459 e. The van der Waals surface area contributed by atoms with Crippen molar-refractivity contribution >= 4 is 11.9 Å². The van der Waals surface area contributed by atoms with Crippen LogP contribution in [-0.2, 0) is 0 Å². The van der Waals surface area contributed by atoms with Crippen LogP contribution in [0, 0.1) is 0 Å². The number of piperidine rings is 1. The summed E-state index contributed by atoms with van der Waals surface area (Å²) in [6.07, 6.45) is 4.61. The first-order chi connectivity index (χ1) is 9.70. The Morgan fingerprint density at radius 2 is 2.20 bits per heavy atom. The van der Waals surface area contributed by atoms with E-state index in [2.05, 4.69) is 17.2 Å². The molecule has 0 saturated carbocycles. The van der Waals surface area contributed by atoms with Crippen molar-refractivity contribution in [2.45, 2.75) is 18.9 Å². The maximum absolute atomic E-state index is 12.1. The second kappa shape index (κ2) is 6.79. The largest absolute Gasteiger partial charge is 0.459 e. The third kappa shape index (κ3) is 3.63. The molecule has 108 valence electrons. The van der Waals surface area contributed by atoms with Crippen LogP contribution < -0.4 is 10.6 Å². The SMILES string of the molecule is C=CCNC(=O)NC1CCN(C(=O)c2ccco2)CC1. The van der Waals surface area contributed by atoms with Crippen molar-refractivity contribution in [3.05, 3.63) is 36.8 Å². The molecule has 0 unspecified atom stereocenters. The van der Waals surface area contributed by atoms with E-state index in [-0.39, 0.29) is 18.0 Å². The maximum Gasteiger partial charge on any atom is 0.315 e. The Morgan fingerprint density at radius 1 is 1.45 bits per heavy atom. The predicted octanol–water partition coefficient (Wildman–Crippen LogP) is 1.37. The quantitative estimate of drug-likeness (QED) is 0.816. The molecule has 0 aliphatic carbocycles. The van der Waals surface area contributed by atoms with E-state index in [1.165, 1.54) is 6.26 Å². The molecule has 0 atom stereocenters. The minimum atomic E-state index is -0.194. The number of carbonyl (C=O) groups is 2. The fraction of sp³-hybridized carbons (Fsp3) is 0.429. The van der Waals surface area contributed by atoms with Gasteiger partial charge in [0, 0.05) is 25.7 Å². The number of amides is 3. The van der Waals surface area contributed by atoms with Gasteiger partial charge in [-0.05, 0) is 25.0 Å². The monoisotopic (exact) mass is 277 g/mol. The summed E-state index contributed by atoms with van der Waals surface area (Å²) < 4.78 is 5.10. The zero-order valence-electron chi connectivity index (χ0n) is 11.3. The fourth-order valence-electron chi connectivity index (χ4n) is 2.18. The van der Waals surface area contributed by atoms with Gasteiger partial charge in [0.05, 0.1) is 6.26 Å². The number of hydrogen-bond acceptors (Lipinski definition) is 3. The van der Waals surface area contributed by atoms with Crippen molar-refractivity contribution < 1.29 is 14.0 Å². The van der Waals surface area contributed by atoms with E-state index >= 15 is 0 Å². The Bertz CT molecular complexity index is 462. The van der Waals surface area contributed by atoms with Gasteiger partial charge in [0.1, 0.15) is 0 Å². The summed E-state index contributed by atoms with van der Waals surface area (Å²) in [5.74, 6) is 0.268. The van der Waals surface area contributed by atoms with Crippen molar-refractivity contribution in [1.29, 1.82) is 0 Å². The molecule has 2 heterocycles. The van der Waals surface area contributed by atoms with Crippen LogP contribution in [-0.4, -0.2) is 42.5 Å². The van der Waals surface area contributed by atoms with Gasteiger partial charge < -0.3 is 20.0 Å². The first-order valence-corrected chi connectivity index (χ1v) is 6.68. The van der Waals surface area contributed by atoms with Gasteiger partial charge in [-0.25, -0.2) is 4.79 Å². The molecule has 1 fully saturated rings. The summed E-state index contributed by atoms with van der Waals surface area (Å²) in [5, 5.41) is 5.56.